The molecular weight excluding hydrogens is 252 g/mol. The van der Waals surface area contributed by atoms with E-state index in [1.165, 1.54) is 12.8 Å². The predicted molar refractivity (Wildman–Crippen MR) is 79.8 cm³/mol. The Morgan fingerprint density at radius 3 is 2.45 bits per heavy atom. The molecule has 0 aliphatic carbocycles. The van der Waals surface area contributed by atoms with Crippen molar-refractivity contribution in [3.8, 4) is 0 Å². The van der Waals surface area contributed by atoms with Crippen LogP contribution in [0, 0.1) is 0 Å². The zero-order chi connectivity index (χ0) is 14.6. The SMILES string of the molecule is CC(C)(C)Nc1nccc(C(=O)N2CCCCCC2)n1. The monoisotopic (exact) mass is 276 g/mol. The third-order valence-corrected chi connectivity index (χ3v) is 3.25. The van der Waals surface area contributed by atoms with Crippen molar-refractivity contribution in [1.29, 1.82) is 0 Å². The van der Waals surface area contributed by atoms with Gasteiger partial charge in [0.1, 0.15) is 5.69 Å². The summed E-state index contributed by atoms with van der Waals surface area (Å²) in [4.78, 5) is 22.9. The molecule has 1 aliphatic heterocycles. The maximum atomic E-state index is 12.5. The van der Waals surface area contributed by atoms with Crippen LogP contribution in [0.2, 0.25) is 0 Å². The first kappa shape index (κ1) is 14.8. The molecule has 1 fully saturated rings. The standard InChI is InChI=1S/C15H24N4O/c1-15(2,3)18-14-16-9-8-12(17-14)13(20)19-10-6-4-5-7-11-19/h8-9H,4-7,10-11H2,1-3H3,(H,16,17,18). The molecule has 1 amide bonds. The summed E-state index contributed by atoms with van der Waals surface area (Å²) in [5.41, 5.74) is 0.359. The van der Waals surface area contributed by atoms with Crippen LogP contribution in [0.25, 0.3) is 0 Å². The van der Waals surface area contributed by atoms with E-state index in [1.807, 2.05) is 25.7 Å². The average Bonchev–Trinajstić information content (AvgIpc) is 2.65. The lowest BCUT2D eigenvalue weighted by molar-refractivity contribution is 0.0755. The second kappa shape index (κ2) is 6.20. The number of nitrogens with one attached hydrogen (secondary N) is 1. The molecule has 0 bridgehead atoms. The predicted octanol–water partition coefficient (Wildman–Crippen LogP) is 2.70. The molecule has 1 N–H and O–H groups in total. The molecule has 5 heteroatoms. The van der Waals surface area contributed by atoms with E-state index in [0.29, 0.717) is 11.6 Å². The van der Waals surface area contributed by atoms with Gasteiger partial charge in [0.15, 0.2) is 0 Å². The second-order valence-electron chi connectivity index (χ2n) is 6.35. The van der Waals surface area contributed by atoms with Crippen molar-refractivity contribution in [1.82, 2.24) is 14.9 Å². The van der Waals surface area contributed by atoms with Crippen molar-refractivity contribution in [2.45, 2.75) is 52.0 Å². The first-order chi connectivity index (χ1) is 9.46. The summed E-state index contributed by atoms with van der Waals surface area (Å²) in [7, 11) is 0. The van der Waals surface area contributed by atoms with Crippen LogP contribution in [0.1, 0.15) is 56.9 Å². The Morgan fingerprint density at radius 1 is 1.20 bits per heavy atom. The Hall–Kier alpha value is -1.65. The van der Waals surface area contributed by atoms with Gasteiger partial charge in [0, 0.05) is 24.8 Å². The van der Waals surface area contributed by atoms with E-state index in [2.05, 4.69) is 15.3 Å². The lowest BCUT2D eigenvalue weighted by atomic mass is 10.1. The molecule has 1 saturated heterocycles. The van der Waals surface area contributed by atoms with Gasteiger partial charge >= 0.3 is 0 Å². The van der Waals surface area contributed by atoms with Crippen molar-refractivity contribution in [3.05, 3.63) is 18.0 Å². The van der Waals surface area contributed by atoms with Gasteiger partial charge in [-0.3, -0.25) is 4.79 Å². The molecule has 1 aliphatic rings. The Balaban J connectivity index is 2.11. The number of amides is 1. The highest BCUT2D eigenvalue weighted by atomic mass is 16.2. The van der Waals surface area contributed by atoms with Crippen molar-refractivity contribution >= 4 is 11.9 Å². The van der Waals surface area contributed by atoms with E-state index in [0.717, 1.165) is 25.9 Å². The molecule has 0 aromatic carbocycles. The smallest absolute Gasteiger partial charge is 0.272 e. The van der Waals surface area contributed by atoms with E-state index in [9.17, 15) is 4.79 Å². The summed E-state index contributed by atoms with van der Waals surface area (Å²) in [6, 6.07) is 1.70. The maximum Gasteiger partial charge on any atom is 0.272 e. The highest BCUT2D eigenvalue weighted by Gasteiger charge is 2.19. The summed E-state index contributed by atoms with van der Waals surface area (Å²) in [5.74, 6) is 0.532. The van der Waals surface area contributed by atoms with Crippen LogP contribution in [0.4, 0.5) is 5.95 Å². The Kier molecular flexibility index (Phi) is 4.57. The number of likely N-dealkylation sites (tertiary alicyclic amines) is 1. The van der Waals surface area contributed by atoms with E-state index in [-0.39, 0.29) is 11.4 Å². The van der Waals surface area contributed by atoms with Crippen molar-refractivity contribution in [3.63, 3.8) is 0 Å². The van der Waals surface area contributed by atoms with Crippen LogP contribution >= 0.6 is 0 Å². The molecule has 5 nitrogen and oxygen atoms in total. The average molecular weight is 276 g/mol. The van der Waals surface area contributed by atoms with E-state index >= 15 is 0 Å². The number of hydrogen-bond acceptors (Lipinski definition) is 4. The fourth-order valence-electron chi connectivity index (χ4n) is 2.31. The first-order valence-corrected chi connectivity index (χ1v) is 7.36. The molecular formula is C15H24N4O. The van der Waals surface area contributed by atoms with Crippen molar-refractivity contribution in [2.75, 3.05) is 18.4 Å². The summed E-state index contributed by atoms with van der Waals surface area (Å²) in [5, 5.41) is 3.20. The molecule has 0 unspecified atom stereocenters. The van der Waals surface area contributed by atoms with E-state index < -0.39 is 0 Å². The van der Waals surface area contributed by atoms with Crippen LogP contribution < -0.4 is 5.32 Å². The van der Waals surface area contributed by atoms with Gasteiger partial charge in [0.2, 0.25) is 5.95 Å². The minimum absolute atomic E-state index is 0.0197. The number of carbonyl (C=O) groups is 1. The number of aromatic nitrogens is 2. The quantitative estimate of drug-likeness (QED) is 0.902. The lowest BCUT2D eigenvalue weighted by Gasteiger charge is -2.22. The highest BCUT2D eigenvalue weighted by molar-refractivity contribution is 5.92. The number of nitrogens with zero attached hydrogens (tertiary/aromatic N) is 3. The molecule has 0 atom stereocenters. The number of anilines is 1. The van der Waals surface area contributed by atoms with Crippen LogP contribution in [0.15, 0.2) is 12.3 Å². The molecule has 2 heterocycles. The van der Waals surface area contributed by atoms with E-state index in [4.69, 9.17) is 0 Å². The van der Waals surface area contributed by atoms with Crippen molar-refractivity contribution < 1.29 is 4.79 Å². The zero-order valence-corrected chi connectivity index (χ0v) is 12.6. The molecule has 0 spiro atoms. The van der Waals surface area contributed by atoms with Gasteiger partial charge in [0.25, 0.3) is 5.91 Å². The third kappa shape index (κ3) is 4.18. The Morgan fingerprint density at radius 2 is 1.85 bits per heavy atom. The molecule has 20 heavy (non-hydrogen) atoms. The summed E-state index contributed by atoms with van der Waals surface area (Å²) >= 11 is 0. The molecule has 0 radical (unpaired) electrons. The minimum atomic E-state index is -0.121. The molecule has 0 saturated carbocycles. The van der Waals surface area contributed by atoms with Crippen LogP contribution in [-0.2, 0) is 0 Å². The normalized spacial score (nSPS) is 16.6. The Labute approximate surface area is 120 Å². The molecule has 1 aromatic rings. The number of hydrogen-bond donors (Lipinski definition) is 1. The summed E-state index contributed by atoms with van der Waals surface area (Å²) in [6.07, 6.45) is 6.24. The first-order valence-electron chi connectivity index (χ1n) is 7.36. The fraction of sp³-hybridized carbons (Fsp3) is 0.667. The van der Waals surface area contributed by atoms with Gasteiger partial charge in [-0.2, -0.15) is 0 Å². The maximum absolute atomic E-state index is 12.5. The number of rotatable bonds is 2. The minimum Gasteiger partial charge on any atom is -0.350 e. The van der Waals surface area contributed by atoms with Crippen LogP contribution in [-0.4, -0.2) is 39.4 Å². The lowest BCUT2D eigenvalue weighted by Crippen LogP contribution is -2.33. The van der Waals surface area contributed by atoms with Gasteiger partial charge in [0.05, 0.1) is 0 Å². The second-order valence-corrected chi connectivity index (χ2v) is 6.35. The van der Waals surface area contributed by atoms with Crippen LogP contribution in [0.5, 0.6) is 0 Å². The molecule has 1 aromatic heterocycles. The van der Waals surface area contributed by atoms with Crippen molar-refractivity contribution in [2.24, 2.45) is 0 Å². The van der Waals surface area contributed by atoms with Gasteiger partial charge in [-0.05, 0) is 39.7 Å². The highest BCUT2D eigenvalue weighted by Crippen LogP contribution is 2.14. The topological polar surface area (TPSA) is 58.1 Å². The summed E-state index contributed by atoms with van der Waals surface area (Å²) < 4.78 is 0. The van der Waals surface area contributed by atoms with Crippen LogP contribution in [0.3, 0.4) is 0 Å². The van der Waals surface area contributed by atoms with Gasteiger partial charge in [-0.1, -0.05) is 12.8 Å². The Bertz CT molecular complexity index is 459. The van der Waals surface area contributed by atoms with Gasteiger partial charge < -0.3 is 10.2 Å². The fourth-order valence-corrected chi connectivity index (χ4v) is 2.31. The van der Waals surface area contributed by atoms with Gasteiger partial charge in [-0.25, -0.2) is 9.97 Å². The van der Waals surface area contributed by atoms with Gasteiger partial charge in [-0.15, -0.1) is 0 Å². The number of carbonyl (C=O) groups excluding carboxylic acids is 1. The largest absolute Gasteiger partial charge is 0.350 e. The summed E-state index contributed by atoms with van der Waals surface area (Å²) in [6.45, 7) is 7.80. The zero-order valence-electron chi connectivity index (χ0n) is 12.6. The third-order valence-electron chi connectivity index (χ3n) is 3.25. The molecule has 2 rings (SSSR count). The molecule has 110 valence electrons. The van der Waals surface area contributed by atoms with E-state index in [1.54, 1.807) is 12.3 Å².